The summed E-state index contributed by atoms with van der Waals surface area (Å²) in [5.74, 6) is 0.532. The van der Waals surface area contributed by atoms with E-state index in [0.29, 0.717) is 11.8 Å². The predicted octanol–water partition coefficient (Wildman–Crippen LogP) is -0.581. The fourth-order valence-corrected chi connectivity index (χ4v) is 3.12. The summed E-state index contributed by atoms with van der Waals surface area (Å²) >= 11 is 0. The van der Waals surface area contributed by atoms with Crippen LogP contribution in [-0.4, -0.2) is 40.2 Å². The second-order valence-electron chi connectivity index (χ2n) is 2.92. The van der Waals surface area contributed by atoms with Crippen molar-refractivity contribution in [1.82, 2.24) is 5.32 Å². The Morgan fingerprint density at radius 3 is 3.08 bits per heavy atom. The molecular weight excluding hydrogens is 176 g/mol. The molecule has 4 N–H and O–H groups in total. The maximum Gasteiger partial charge on any atom is 0.321 e. The van der Waals surface area contributed by atoms with Crippen LogP contribution in [0.5, 0.6) is 0 Å². The number of carboxylic acid groups (broad SMARTS) is 1. The summed E-state index contributed by atoms with van der Waals surface area (Å²) in [6, 6.07) is -0.314. The van der Waals surface area contributed by atoms with Crippen molar-refractivity contribution in [3.8, 4) is 0 Å². The Labute approximate surface area is 74.1 Å². The van der Waals surface area contributed by atoms with E-state index in [1.54, 1.807) is 0 Å². The van der Waals surface area contributed by atoms with Crippen LogP contribution in [-0.2, 0) is 4.79 Å². The molecule has 0 aliphatic carbocycles. The van der Waals surface area contributed by atoms with Gasteiger partial charge in [-0.25, -0.2) is 0 Å². The van der Waals surface area contributed by atoms with Crippen molar-refractivity contribution >= 4 is 21.8 Å². The molecule has 5 heteroatoms. The summed E-state index contributed by atoms with van der Waals surface area (Å²) < 4.78 is 0. The molecule has 1 aliphatic heterocycles. The minimum absolute atomic E-state index is 0.0500. The van der Waals surface area contributed by atoms with Crippen LogP contribution in [0.1, 0.15) is 6.92 Å². The number of carboxylic acids is 1. The number of nitrogens with one attached hydrogen (secondary N) is 1. The smallest absolute Gasteiger partial charge is 0.321 e. The first-order chi connectivity index (χ1) is 5.59. The molecule has 4 nitrogen and oxygen atoms in total. The van der Waals surface area contributed by atoms with Crippen LogP contribution in [0.2, 0.25) is 0 Å². The van der Waals surface area contributed by atoms with Gasteiger partial charge in [0.1, 0.15) is 6.04 Å². The van der Waals surface area contributed by atoms with Gasteiger partial charge in [0.15, 0.2) is 0 Å². The van der Waals surface area contributed by atoms with Gasteiger partial charge in [-0.15, -0.1) is 0 Å². The first-order valence-electron chi connectivity index (χ1n) is 3.82. The molecule has 0 aromatic carbocycles. The van der Waals surface area contributed by atoms with Crippen LogP contribution in [0.25, 0.3) is 0 Å². The van der Waals surface area contributed by atoms with Crippen molar-refractivity contribution < 1.29 is 9.90 Å². The molecule has 0 fully saturated rings. The Bertz CT molecular complexity index is 217. The van der Waals surface area contributed by atoms with Gasteiger partial charge in [0.25, 0.3) is 0 Å². The average Bonchev–Trinajstić information content (AvgIpc) is 2.35. The minimum atomic E-state index is -0.907. The highest BCUT2D eigenvalue weighted by molar-refractivity contribution is 8.15. The Balaban J connectivity index is 2.41. The Morgan fingerprint density at radius 2 is 2.67 bits per heavy atom. The fraction of sp³-hybridized carbons (Fsp3) is 0.714. The van der Waals surface area contributed by atoms with Crippen molar-refractivity contribution in [3.63, 3.8) is 0 Å². The second kappa shape index (κ2) is 4.02. The van der Waals surface area contributed by atoms with Crippen LogP contribution in [0, 0.1) is 0 Å². The molecule has 1 heterocycles. The number of hydrogen-bond donors (Lipinski definition) is 3. The lowest BCUT2D eigenvalue weighted by atomic mass is 10.4. The first kappa shape index (κ1) is 9.70. The van der Waals surface area contributed by atoms with Gasteiger partial charge in [-0.2, -0.15) is 10.5 Å². The molecule has 0 spiro atoms. The lowest BCUT2D eigenvalue weighted by molar-refractivity contribution is -0.137. The number of aliphatic carboxylic acids is 1. The average molecular weight is 190 g/mol. The first-order valence-corrected chi connectivity index (χ1v) is 5.45. The third kappa shape index (κ3) is 2.58. The molecule has 12 heavy (non-hydrogen) atoms. The van der Waals surface area contributed by atoms with E-state index in [9.17, 15) is 4.79 Å². The van der Waals surface area contributed by atoms with Crippen molar-refractivity contribution in [3.05, 3.63) is 0 Å². The third-order valence-electron chi connectivity index (χ3n) is 1.70. The Morgan fingerprint density at radius 1 is 2.00 bits per heavy atom. The number of carbonyl (C=O) groups is 1. The largest absolute Gasteiger partial charge is 0.480 e. The van der Waals surface area contributed by atoms with Gasteiger partial charge in [-0.05, 0) is 12.3 Å². The molecule has 0 saturated carbocycles. The van der Waals surface area contributed by atoms with Gasteiger partial charge < -0.3 is 16.2 Å². The van der Waals surface area contributed by atoms with Crippen molar-refractivity contribution in [2.24, 2.45) is 5.73 Å². The molecule has 0 radical (unpaired) electrons. The molecule has 0 aromatic rings. The van der Waals surface area contributed by atoms with Gasteiger partial charge in [-0.1, -0.05) is 0 Å². The Hall–Kier alpha value is -0.390. The van der Waals surface area contributed by atoms with E-state index in [2.05, 4.69) is 17.6 Å². The molecular formula is C7H14N2O2S. The van der Waals surface area contributed by atoms with E-state index in [4.69, 9.17) is 10.8 Å². The van der Waals surface area contributed by atoms with Crippen molar-refractivity contribution in [1.29, 1.82) is 0 Å². The number of rotatable bonds is 3. The molecule has 0 amide bonds. The van der Waals surface area contributed by atoms with Crippen LogP contribution in [0.3, 0.4) is 0 Å². The normalized spacial score (nSPS) is 31.2. The highest BCUT2D eigenvalue weighted by atomic mass is 32.2. The predicted molar refractivity (Wildman–Crippen MR) is 51.6 cm³/mol. The monoisotopic (exact) mass is 190 g/mol. The highest BCUT2D eigenvalue weighted by Gasteiger charge is 2.16. The maximum atomic E-state index is 10.4. The second-order valence-corrected chi connectivity index (χ2v) is 4.89. The molecule has 0 aromatic heterocycles. The molecule has 70 valence electrons. The van der Waals surface area contributed by atoms with E-state index < -0.39 is 12.0 Å². The zero-order valence-electron chi connectivity index (χ0n) is 6.99. The fourth-order valence-electron chi connectivity index (χ4n) is 1.04. The maximum absolute atomic E-state index is 10.4. The van der Waals surface area contributed by atoms with E-state index in [1.807, 2.05) is 0 Å². The summed E-state index contributed by atoms with van der Waals surface area (Å²) in [7, 11) is 0.0500. The summed E-state index contributed by atoms with van der Waals surface area (Å²) in [6.45, 7) is 2.05. The van der Waals surface area contributed by atoms with Crippen LogP contribution in [0.4, 0.5) is 0 Å². The summed E-state index contributed by atoms with van der Waals surface area (Å²) in [5, 5.41) is 13.9. The quantitative estimate of drug-likeness (QED) is 0.520. The van der Waals surface area contributed by atoms with Crippen LogP contribution in [0.15, 0.2) is 0 Å². The van der Waals surface area contributed by atoms with E-state index in [-0.39, 0.29) is 10.5 Å². The van der Waals surface area contributed by atoms with Gasteiger partial charge in [-0.3, -0.25) is 4.79 Å². The van der Waals surface area contributed by atoms with Gasteiger partial charge in [0.05, 0.1) is 0 Å². The molecule has 1 rings (SSSR count). The zero-order valence-corrected chi connectivity index (χ0v) is 7.80. The lowest BCUT2D eigenvalue weighted by Gasteiger charge is -2.06. The van der Waals surface area contributed by atoms with Crippen LogP contribution >= 0.6 is 10.5 Å². The minimum Gasteiger partial charge on any atom is -0.480 e. The van der Waals surface area contributed by atoms with Crippen molar-refractivity contribution in [2.75, 3.05) is 11.6 Å². The molecule has 0 saturated heterocycles. The van der Waals surface area contributed by atoms with Gasteiger partial charge >= 0.3 is 5.97 Å². The van der Waals surface area contributed by atoms with E-state index in [1.165, 1.54) is 0 Å². The van der Waals surface area contributed by atoms with E-state index in [0.717, 1.165) is 5.88 Å². The number of hydrogen-bond acceptors (Lipinski definition) is 3. The zero-order chi connectivity index (χ0) is 9.14. The molecule has 2 unspecified atom stereocenters. The lowest BCUT2D eigenvalue weighted by Crippen LogP contribution is -2.33. The Kier molecular flexibility index (Phi) is 3.25. The van der Waals surface area contributed by atoms with Gasteiger partial charge in [0, 0.05) is 17.7 Å². The highest BCUT2D eigenvalue weighted by Crippen LogP contribution is 2.16. The summed E-state index contributed by atoms with van der Waals surface area (Å²) in [4.78, 5) is 10.4. The van der Waals surface area contributed by atoms with Crippen molar-refractivity contribution in [2.45, 2.75) is 19.0 Å². The summed E-state index contributed by atoms with van der Waals surface area (Å²) in [5.41, 5.74) is 5.40. The topological polar surface area (TPSA) is 75.4 Å². The third-order valence-corrected chi connectivity index (χ3v) is 3.82. The van der Waals surface area contributed by atoms with E-state index >= 15 is 0 Å². The molecule has 0 bridgehead atoms. The summed E-state index contributed by atoms with van der Waals surface area (Å²) in [6.07, 6.45) is 0. The standard InChI is InChI=1S/C7H14N2O2S/c1-5-2-12(4-9-5)3-6(8)7(10)11/h2,5-6,9H,3-4,8H2,1H3,(H,10,11)/t5?,6-,12?/m0/s1. The molecule has 3 atom stereocenters. The van der Waals surface area contributed by atoms with Crippen LogP contribution < -0.4 is 11.1 Å². The number of nitrogens with two attached hydrogens (primary N) is 1. The molecule has 1 aliphatic rings. The van der Waals surface area contributed by atoms with Gasteiger partial charge in [0.2, 0.25) is 0 Å². The SMILES string of the molecule is CC1C=S(C[C@H](N)C(=O)O)CN1.